The SMILES string of the molecule is COCc1ccc(Br)cc1C(O)CN. The molecule has 1 rings (SSSR count). The smallest absolute Gasteiger partial charge is 0.0916 e. The molecule has 0 aliphatic carbocycles. The summed E-state index contributed by atoms with van der Waals surface area (Å²) in [7, 11) is 1.63. The predicted octanol–water partition coefficient (Wildman–Crippen LogP) is 1.59. The van der Waals surface area contributed by atoms with Crippen LogP contribution in [0, 0.1) is 0 Å². The molecule has 1 atom stereocenters. The molecule has 3 N–H and O–H groups in total. The first kappa shape index (κ1) is 11.7. The molecule has 0 saturated heterocycles. The average molecular weight is 260 g/mol. The summed E-state index contributed by atoms with van der Waals surface area (Å²) in [6.07, 6.45) is -0.627. The summed E-state index contributed by atoms with van der Waals surface area (Å²) >= 11 is 3.35. The van der Waals surface area contributed by atoms with Gasteiger partial charge in [0, 0.05) is 18.1 Å². The van der Waals surface area contributed by atoms with E-state index in [0.29, 0.717) is 6.61 Å². The Morgan fingerprint density at radius 1 is 1.57 bits per heavy atom. The molecule has 0 fully saturated rings. The van der Waals surface area contributed by atoms with Crippen molar-refractivity contribution >= 4 is 15.9 Å². The van der Waals surface area contributed by atoms with E-state index in [1.54, 1.807) is 7.11 Å². The zero-order chi connectivity index (χ0) is 10.6. The van der Waals surface area contributed by atoms with Gasteiger partial charge in [-0.05, 0) is 23.3 Å². The van der Waals surface area contributed by atoms with Crippen LogP contribution in [0.5, 0.6) is 0 Å². The fourth-order valence-electron chi connectivity index (χ4n) is 1.29. The minimum atomic E-state index is -0.627. The van der Waals surface area contributed by atoms with E-state index in [-0.39, 0.29) is 6.54 Å². The van der Waals surface area contributed by atoms with Gasteiger partial charge in [-0.15, -0.1) is 0 Å². The van der Waals surface area contributed by atoms with Crippen LogP contribution in [0.15, 0.2) is 22.7 Å². The highest BCUT2D eigenvalue weighted by Gasteiger charge is 2.10. The first-order valence-corrected chi connectivity index (χ1v) is 5.13. The predicted molar refractivity (Wildman–Crippen MR) is 58.9 cm³/mol. The lowest BCUT2D eigenvalue weighted by molar-refractivity contribution is 0.166. The lowest BCUT2D eigenvalue weighted by Gasteiger charge is -2.13. The van der Waals surface area contributed by atoms with Crippen molar-refractivity contribution < 1.29 is 9.84 Å². The second-order valence-corrected chi connectivity index (χ2v) is 3.94. The number of ether oxygens (including phenoxy) is 1. The van der Waals surface area contributed by atoms with Crippen LogP contribution in [0.1, 0.15) is 17.2 Å². The number of benzene rings is 1. The van der Waals surface area contributed by atoms with E-state index >= 15 is 0 Å². The maximum Gasteiger partial charge on any atom is 0.0916 e. The molecule has 3 nitrogen and oxygen atoms in total. The maximum atomic E-state index is 9.66. The van der Waals surface area contributed by atoms with Gasteiger partial charge in [-0.1, -0.05) is 22.0 Å². The first-order valence-electron chi connectivity index (χ1n) is 4.34. The van der Waals surface area contributed by atoms with Crippen LogP contribution >= 0.6 is 15.9 Å². The van der Waals surface area contributed by atoms with E-state index < -0.39 is 6.10 Å². The number of halogens is 1. The number of hydrogen-bond donors (Lipinski definition) is 2. The number of methoxy groups -OCH3 is 1. The third-order valence-corrected chi connectivity index (χ3v) is 2.48. The van der Waals surface area contributed by atoms with Crippen LogP contribution in [-0.2, 0) is 11.3 Å². The van der Waals surface area contributed by atoms with E-state index in [1.807, 2.05) is 18.2 Å². The molecule has 0 amide bonds. The summed E-state index contributed by atoms with van der Waals surface area (Å²) in [5.41, 5.74) is 7.20. The molecule has 1 aromatic carbocycles. The normalized spacial score (nSPS) is 12.9. The Balaban J connectivity index is 3.02. The van der Waals surface area contributed by atoms with E-state index in [0.717, 1.165) is 15.6 Å². The standard InChI is InChI=1S/C10H14BrNO2/c1-14-6-7-2-3-8(11)4-9(7)10(13)5-12/h2-4,10,13H,5-6,12H2,1H3. The molecular weight excluding hydrogens is 246 g/mol. The average Bonchev–Trinajstić information content (AvgIpc) is 2.20. The third kappa shape index (κ3) is 2.78. The summed E-state index contributed by atoms with van der Waals surface area (Å²) in [6, 6.07) is 5.70. The molecule has 14 heavy (non-hydrogen) atoms. The zero-order valence-corrected chi connectivity index (χ0v) is 9.62. The largest absolute Gasteiger partial charge is 0.387 e. The van der Waals surface area contributed by atoms with Crippen molar-refractivity contribution in [1.29, 1.82) is 0 Å². The van der Waals surface area contributed by atoms with Gasteiger partial charge >= 0.3 is 0 Å². The van der Waals surface area contributed by atoms with Gasteiger partial charge < -0.3 is 15.6 Å². The highest BCUT2D eigenvalue weighted by molar-refractivity contribution is 9.10. The lowest BCUT2D eigenvalue weighted by Crippen LogP contribution is -2.13. The summed E-state index contributed by atoms with van der Waals surface area (Å²) in [4.78, 5) is 0. The molecule has 0 radical (unpaired) electrons. The van der Waals surface area contributed by atoms with Gasteiger partial charge in [-0.2, -0.15) is 0 Å². The summed E-state index contributed by atoms with van der Waals surface area (Å²) in [6.45, 7) is 0.701. The Hall–Kier alpha value is -0.420. The van der Waals surface area contributed by atoms with Crippen molar-refractivity contribution in [3.63, 3.8) is 0 Å². The topological polar surface area (TPSA) is 55.5 Å². The summed E-state index contributed by atoms with van der Waals surface area (Å²) in [5.74, 6) is 0. The Bertz CT molecular complexity index is 304. The summed E-state index contributed by atoms with van der Waals surface area (Å²) in [5, 5.41) is 9.66. The monoisotopic (exact) mass is 259 g/mol. The highest BCUT2D eigenvalue weighted by Crippen LogP contribution is 2.22. The molecule has 78 valence electrons. The first-order chi connectivity index (χ1) is 6.69. The molecule has 4 heteroatoms. The fraction of sp³-hybridized carbons (Fsp3) is 0.400. The molecule has 0 saturated carbocycles. The van der Waals surface area contributed by atoms with Crippen molar-refractivity contribution in [2.75, 3.05) is 13.7 Å². The Morgan fingerprint density at radius 2 is 2.29 bits per heavy atom. The molecule has 0 aromatic heterocycles. The highest BCUT2D eigenvalue weighted by atomic mass is 79.9. The number of rotatable bonds is 4. The van der Waals surface area contributed by atoms with E-state index in [2.05, 4.69) is 15.9 Å². The minimum absolute atomic E-state index is 0.215. The van der Waals surface area contributed by atoms with Crippen LogP contribution in [-0.4, -0.2) is 18.8 Å². The number of aliphatic hydroxyl groups is 1. The van der Waals surface area contributed by atoms with Crippen LogP contribution < -0.4 is 5.73 Å². The van der Waals surface area contributed by atoms with Crippen molar-refractivity contribution in [3.8, 4) is 0 Å². The quantitative estimate of drug-likeness (QED) is 0.864. The molecular formula is C10H14BrNO2. The molecule has 0 bridgehead atoms. The van der Waals surface area contributed by atoms with Gasteiger partial charge in [0.25, 0.3) is 0 Å². The van der Waals surface area contributed by atoms with Gasteiger partial charge in [0.2, 0.25) is 0 Å². The van der Waals surface area contributed by atoms with E-state index in [4.69, 9.17) is 10.5 Å². The number of nitrogens with two attached hydrogens (primary N) is 1. The maximum absolute atomic E-state index is 9.66. The van der Waals surface area contributed by atoms with Crippen LogP contribution in [0.3, 0.4) is 0 Å². The summed E-state index contributed by atoms with van der Waals surface area (Å²) < 4.78 is 5.97. The van der Waals surface area contributed by atoms with Crippen LogP contribution in [0.2, 0.25) is 0 Å². The number of hydrogen-bond acceptors (Lipinski definition) is 3. The van der Waals surface area contributed by atoms with Gasteiger partial charge in [-0.25, -0.2) is 0 Å². The fourth-order valence-corrected chi connectivity index (χ4v) is 1.67. The van der Waals surface area contributed by atoms with E-state index in [9.17, 15) is 5.11 Å². The zero-order valence-electron chi connectivity index (χ0n) is 8.03. The minimum Gasteiger partial charge on any atom is -0.387 e. The van der Waals surface area contributed by atoms with Gasteiger partial charge in [0.15, 0.2) is 0 Å². The number of aliphatic hydroxyl groups excluding tert-OH is 1. The van der Waals surface area contributed by atoms with Crippen molar-refractivity contribution in [2.24, 2.45) is 5.73 Å². The lowest BCUT2D eigenvalue weighted by atomic mass is 10.0. The van der Waals surface area contributed by atoms with Crippen molar-refractivity contribution in [1.82, 2.24) is 0 Å². The Labute approximate surface area is 92.0 Å². The second kappa shape index (κ2) is 5.46. The van der Waals surface area contributed by atoms with Crippen LogP contribution in [0.25, 0.3) is 0 Å². The molecule has 0 aliphatic rings. The van der Waals surface area contributed by atoms with Gasteiger partial charge in [0.1, 0.15) is 0 Å². The van der Waals surface area contributed by atoms with Gasteiger partial charge in [-0.3, -0.25) is 0 Å². The molecule has 1 aromatic rings. The van der Waals surface area contributed by atoms with E-state index in [1.165, 1.54) is 0 Å². The van der Waals surface area contributed by atoms with Gasteiger partial charge in [0.05, 0.1) is 12.7 Å². The molecule has 1 unspecified atom stereocenters. The molecule has 0 aliphatic heterocycles. The Kier molecular flexibility index (Phi) is 4.54. The van der Waals surface area contributed by atoms with Crippen molar-refractivity contribution in [2.45, 2.75) is 12.7 Å². The third-order valence-electron chi connectivity index (χ3n) is 1.99. The second-order valence-electron chi connectivity index (χ2n) is 3.03. The molecule has 0 heterocycles. The Morgan fingerprint density at radius 3 is 2.86 bits per heavy atom. The van der Waals surface area contributed by atoms with Crippen LogP contribution in [0.4, 0.5) is 0 Å². The van der Waals surface area contributed by atoms with Crippen molar-refractivity contribution in [3.05, 3.63) is 33.8 Å². The molecule has 0 spiro atoms.